The van der Waals surface area contributed by atoms with Crippen LogP contribution in [0.2, 0.25) is 0 Å². The summed E-state index contributed by atoms with van der Waals surface area (Å²) in [5, 5.41) is 27.3. The Balaban J connectivity index is 2.28. The zero-order chi connectivity index (χ0) is 15.6. The SMILES string of the molecule is O=C(O)CCc1cn(C2CC(O)C(CO)O2)c(=O)[nH]c1=O. The molecule has 1 aliphatic rings. The summed E-state index contributed by atoms with van der Waals surface area (Å²) in [6.07, 6.45) is -1.46. The van der Waals surface area contributed by atoms with Crippen LogP contribution in [-0.2, 0) is 16.0 Å². The molecule has 0 aliphatic carbocycles. The van der Waals surface area contributed by atoms with Gasteiger partial charge in [-0.05, 0) is 6.42 Å². The molecule has 1 saturated heterocycles. The van der Waals surface area contributed by atoms with Gasteiger partial charge in [-0.3, -0.25) is 19.1 Å². The topological polar surface area (TPSA) is 142 Å². The van der Waals surface area contributed by atoms with Gasteiger partial charge in [0.1, 0.15) is 12.3 Å². The Kier molecular flexibility index (Phi) is 4.56. The fourth-order valence-corrected chi connectivity index (χ4v) is 2.21. The normalized spacial score (nSPS) is 25.1. The van der Waals surface area contributed by atoms with Crippen LogP contribution in [0.3, 0.4) is 0 Å². The summed E-state index contributed by atoms with van der Waals surface area (Å²) in [7, 11) is 0. The summed E-state index contributed by atoms with van der Waals surface area (Å²) in [6, 6.07) is 0. The molecule has 4 N–H and O–H groups in total. The monoisotopic (exact) mass is 300 g/mol. The van der Waals surface area contributed by atoms with Gasteiger partial charge < -0.3 is 20.1 Å². The van der Waals surface area contributed by atoms with Gasteiger partial charge in [0.25, 0.3) is 5.56 Å². The number of carboxylic acids is 1. The molecule has 2 heterocycles. The molecule has 9 nitrogen and oxygen atoms in total. The van der Waals surface area contributed by atoms with E-state index in [0.717, 1.165) is 4.57 Å². The Hall–Kier alpha value is -1.97. The highest BCUT2D eigenvalue weighted by Crippen LogP contribution is 2.27. The molecule has 0 spiro atoms. The van der Waals surface area contributed by atoms with Crippen molar-refractivity contribution in [3.8, 4) is 0 Å². The van der Waals surface area contributed by atoms with Gasteiger partial charge in [0.2, 0.25) is 0 Å². The highest BCUT2D eigenvalue weighted by atomic mass is 16.5. The number of aryl methyl sites for hydroxylation is 1. The molecule has 1 aromatic heterocycles. The third kappa shape index (κ3) is 3.38. The number of aliphatic carboxylic acids is 1. The van der Waals surface area contributed by atoms with Crippen LogP contribution in [0, 0.1) is 0 Å². The molecule has 2 rings (SSSR count). The Morgan fingerprint density at radius 3 is 2.76 bits per heavy atom. The lowest BCUT2D eigenvalue weighted by Gasteiger charge is -2.15. The van der Waals surface area contributed by atoms with Crippen molar-refractivity contribution in [3.63, 3.8) is 0 Å². The van der Waals surface area contributed by atoms with Crippen molar-refractivity contribution in [1.82, 2.24) is 9.55 Å². The van der Waals surface area contributed by atoms with Crippen LogP contribution in [0.4, 0.5) is 0 Å². The maximum Gasteiger partial charge on any atom is 0.330 e. The van der Waals surface area contributed by atoms with Gasteiger partial charge in [0, 0.05) is 24.6 Å². The highest BCUT2D eigenvalue weighted by molar-refractivity contribution is 5.67. The third-order valence-corrected chi connectivity index (χ3v) is 3.34. The molecule has 3 unspecified atom stereocenters. The van der Waals surface area contributed by atoms with E-state index in [4.69, 9.17) is 14.9 Å². The quantitative estimate of drug-likeness (QED) is 0.502. The Morgan fingerprint density at radius 1 is 1.48 bits per heavy atom. The van der Waals surface area contributed by atoms with Crippen molar-refractivity contribution in [2.45, 2.75) is 37.7 Å². The minimum absolute atomic E-state index is 0.0242. The lowest BCUT2D eigenvalue weighted by Crippen LogP contribution is -2.34. The number of nitrogens with one attached hydrogen (secondary N) is 1. The van der Waals surface area contributed by atoms with E-state index in [0.29, 0.717) is 0 Å². The molecule has 1 aromatic rings. The largest absolute Gasteiger partial charge is 0.481 e. The smallest absolute Gasteiger partial charge is 0.330 e. The summed E-state index contributed by atoms with van der Waals surface area (Å²) >= 11 is 0. The van der Waals surface area contributed by atoms with Crippen molar-refractivity contribution in [2.24, 2.45) is 0 Å². The molecule has 9 heteroatoms. The van der Waals surface area contributed by atoms with Gasteiger partial charge in [-0.1, -0.05) is 0 Å². The number of hydrogen-bond acceptors (Lipinski definition) is 6. The molecule has 0 bridgehead atoms. The molecule has 0 saturated carbocycles. The number of ether oxygens (including phenoxy) is 1. The molecule has 1 fully saturated rings. The fraction of sp³-hybridized carbons (Fsp3) is 0.583. The van der Waals surface area contributed by atoms with Crippen molar-refractivity contribution in [1.29, 1.82) is 0 Å². The Labute approximate surface area is 118 Å². The lowest BCUT2D eigenvalue weighted by atomic mass is 10.2. The van der Waals surface area contributed by atoms with Crippen LogP contribution in [0.15, 0.2) is 15.8 Å². The molecule has 0 aromatic carbocycles. The fourth-order valence-electron chi connectivity index (χ4n) is 2.21. The van der Waals surface area contributed by atoms with E-state index in [1.807, 2.05) is 0 Å². The van der Waals surface area contributed by atoms with E-state index in [2.05, 4.69) is 4.98 Å². The number of aliphatic hydroxyl groups is 2. The number of aromatic amines is 1. The summed E-state index contributed by atoms with van der Waals surface area (Å²) in [6.45, 7) is -0.387. The third-order valence-electron chi connectivity index (χ3n) is 3.34. The van der Waals surface area contributed by atoms with Crippen LogP contribution in [0.25, 0.3) is 0 Å². The first-order chi connectivity index (χ1) is 9.92. The predicted molar refractivity (Wildman–Crippen MR) is 68.9 cm³/mol. The van der Waals surface area contributed by atoms with Gasteiger partial charge in [0.05, 0.1) is 12.7 Å². The maximum absolute atomic E-state index is 11.8. The van der Waals surface area contributed by atoms with Crippen LogP contribution in [0.1, 0.15) is 24.6 Å². The van der Waals surface area contributed by atoms with Crippen molar-refractivity contribution in [2.75, 3.05) is 6.61 Å². The van der Waals surface area contributed by atoms with Crippen molar-refractivity contribution >= 4 is 5.97 Å². The molecule has 1 aliphatic heterocycles. The number of nitrogens with zero attached hydrogens (tertiary/aromatic N) is 1. The first-order valence-corrected chi connectivity index (χ1v) is 6.43. The highest BCUT2D eigenvalue weighted by Gasteiger charge is 2.35. The number of aliphatic hydroxyl groups excluding tert-OH is 2. The second-order valence-corrected chi connectivity index (χ2v) is 4.83. The molecule has 0 radical (unpaired) electrons. The zero-order valence-corrected chi connectivity index (χ0v) is 11.1. The molecular formula is C12H16N2O7. The summed E-state index contributed by atoms with van der Waals surface area (Å²) in [5.41, 5.74) is -1.22. The summed E-state index contributed by atoms with van der Waals surface area (Å²) < 4.78 is 6.43. The minimum Gasteiger partial charge on any atom is -0.481 e. The minimum atomic E-state index is -1.06. The Bertz CT molecular complexity index is 635. The van der Waals surface area contributed by atoms with E-state index < -0.39 is 35.7 Å². The van der Waals surface area contributed by atoms with Crippen LogP contribution >= 0.6 is 0 Å². The molecule has 116 valence electrons. The molecule has 3 atom stereocenters. The standard InChI is InChI=1S/C12H16N2O7/c15-5-8-7(16)3-9(21-8)14-4-6(1-2-10(17)18)11(19)13-12(14)20/h4,7-9,15-16H,1-3,5H2,(H,17,18)(H,13,19,20). The number of aromatic nitrogens is 2. The number of hydrogen-bond donors (Lipinski definition) is 4. The summed E-state index contributed by atoms with van der Waals surface area (Å²) in [4.78, 5) is 36.0. The zero-order valence-electron chi connectivity index (χ0n) is 11.1. The first kappa shape index (κ1) is 15.4. The van der Waals surface area contributed by atoms with Crippen LogP contribution < -0.4 is 11.2 Å². The number of carbonyl (C=O) groups is 1. The molecular weight excluding hydrogens is 284 g/mol. The van der Waals surface area contributed by atoms with E-state index in [-0.39, 0.29) is 31.4 Å². The Morgan fingerprint density at radius 2 is 2.19 bits per heavy atom. The van der Waals surface area contributed by atoms with Crippen LogP contribution in [0.5, 0.6) is 0 Å². The van der Waals surface area contributed by atoms with Crippen molar-refractivity contribution in [3.05, 3.63) is 32.6 Å². The molecule has 21 heavy (non-hydrogen) atoms. The second-order valence-electron chi connectivity index (χ2n) is 4.83. The second kappa shape index (κ2) is 6.20. The van der Waals surface area contributed by atoms with E-state index >= 15 is 0 Å². The van der Waals surface area contributed by atoms with Gasteiger partial charge in [0.15, 0.2) is 0 Å². The van der Waals surface area contributed by atoms with E-state index in [9.17, 15) is 19.5 Å². The lowest BCUT2D eigenvalue weighted by molar-refractivity contribution is -0.136. The van der Waals surface area contributed by atoms with Gasteiger partial charge >= 0.3 is 11.7 Å². The number of H-pyrrole nitrogens is 1. The van der Waals surface area contributed by atoms with Gasteiger partial charge in [-0.25, -0.2) is 4.79 Å². The number of rotatable bonds is 5. The first-order valence-electron chi connectivity index (χ1n) is 6.43. The summed E-state index contributed by atoms with van der Waals surface area (Å²) in [5.74, 6) is -1.06. The predicted octanol–water partition coefficient (Wildman–Crippen LogP) is -1.81. The van der Waals surface area contributed by atoms with Gasteiger partial charge in [-0.15, -0.1) is 0 Å². The van der Waals surface area contributed by atoms with Crippen molar-refractivity contribution < 1.29 is 24.9 Å². The van der Waals surface area contributed by atoms with E-state index in [1.54, 1.807) is 0 Å². The van der Waals surface area contributed by atoms with Crippen LogP contribution in [-0.4, -0.2) is 49.7 Å². The number of carboxylic acid groups (broad SMARTS) is 1. The van der Waals surface area contributed by atoms with E-state index in [1.165, 1.54) is 6.20 Å². The average Bonchev–Trinajstić information content (AvgIpc) is 2.78. The average molecular weight is 300 g/mol. The van der Waals surface area contributed by atoms with Gasteiger partial charge in [-0.2, -0.15) is 0 Å². The maximum atomic E-state index is 11.8. The molecule has 0 amide bonds.